The lowest BCUT2D eigenvalue weighted by molar-refractivity contribution is 0.394. The monoisotopic (exact) mass is 296 g/mol. The number of nitrogens with zero attached hydrogens (tertiary/aromatic N) is 2. The van der Waals surface area contributed by atoms with E-state index in [4.69, 9.17) is 15.2 Å². The highest BCUT2D eigenvalue weighted by atomic mass is 16.5. The highest BCUT2D eigenvalue weighted by Crippen LogP contribution is 2.28. The van der Waals surface area contributed by atoms with Crippen molar-refractivity contribution in [3.05, 3.63) is 42.5 Å². The SMILES string of the molecule is COc1cc(OC)cc(-c2n[nH]c(-c3ccc(N)cc3)n2)c1. The van der Waals surface area contributed by atoms with E-state index in [1.165, 1.54) is 0 Å². The van der Waals surface area contributed by atoms with Crippen LogP contribution in [0.2, 0.25) is 0 Å². The van der Waals surface area contributed by atoms with Gasteiger partial charge in [-0.15, -0.1) is 0 Å². The van der Waals surface area contributed by atoms with Crippen molar-refractivity contribution in [2.45, 2.75) is 0 Å². The topological polar surface area (TPSA) is 86.0 Å². The highest BCUT2D eigenvalue weighted by Gasteiger charge is 2.10. The normalized spacial score (nSPS) is 10.5. The molecule has 0 aliphatic heterocycles. The molecule has 112 valence electrons. The van der Waals surface area contributed by atoms with Gasteiger partial charge in [0.25, 0.3) is 0 Å². The van der Waals surface area contributed by atoms with Gasteiger partial charge in [0.2, 0.25) is 0 Å². The molecule has 1 heterocycles. The lowest BCUT2D eigenvalue weighted by atomic mass is 10.2. The summed E-state index contributed by atoms with van der Waals surface area (Å²) in [6, 6.07) is 13.0. The maximum Gasteiger partial charge on any atom is 0.181 e. The Kier molecular flexibility index (Phi) is 3.65. The molecular weight excluding hydrogens is 280 g/mol. The molecule has 22 heavy (non-hydrogen) atoms. The summed E-state index contributed by atoms with van der Waals surface area (Å²) < 4.78 is 10.5. The lowest BCUT2D eigenvalue weighted by Crippen LogP contribution is -1.90. The van der Waals surface area contributed by atoms with Gasteiger partial charge in [-0.1, -0.05) is 0 Å². The molecule has 3 rings (SSSR count). The van der Waals surface area contributed by atoms with Crippen molar-refractivity contribution >= 4 is 5.69 Å². The van der Waals surface area contributed by atoms with Crippen LogP contribution in [-0.2, 0) is 0 Å². The number of rotatable bonds is 4. The first-order valence-electron chi connectivity index (χ1n) is 6.71. The third-order valence-electron chi connectivity index (χ3n) is 3.28. The molecule has 0 bridgehead atoms. The van der Waals surface area contributed by atoms with Gasteiger partial charge in [-0.3, -0.25) is 5.10 Å². The second kappa shape index (κ2) is 5.77. The summed E-state index contributed by atoms with van der Waals surface area (Å²) in [5.74, 6) is 2.63. The number of hydrogen-bond donors (Lipinski definition) is 2. The van der Waals surface area contributed by atoms with Crippen LogP contribution in [0.1, 0.15) is 0 Å². The third-order valence-corrected chi connectivity index (χ3v) is 3.28. The molecule has 0 aliphatic rings. The number of aromatic amines is 1. The van der Waals surface area contributed by atoms with Crippen LogP contribution in [0.3, 0.4) is 0 Å². The standard InChI is InChI=1S/C16H16N4O2/c1-21-13-7-11(8-14(9-13)22-2)16-18-15(19-20-16)10-3-5-12(17)6-4-10/h3-9H,17H2,1-2H3,(H,18,19,20). The van der Waals surface area contributed by atoms with Crippen molar-refractivity contribution in [2.75, 3.05) is 20.0 Å². The zero-order valence-corrected chi connectivity index (χ0v) is 12.3. The molecule has 6 heteroatoms. The van der Waals surface area contributed by atoms with E-state index < -0.39 is 0 Å². The molecular formula is C16H16N4O2. The third kappa shape index (κ3) is 2.71. The Morgan fingerprint density at radius 1 is 0.909 bits per heavy atom. The first-order chi connectivity index (χ1) is 10.7. The van der Waals surface area contributed by atoms with Crippen LogP contribution in [0.5, 0.6) is 11.5 Å². The largest absolute Gasteiger partial charge is 0.497 e. The van der Waals surface area contributed by atoms with Crippen molar-refractivity contribution in [3.63, 3.8) is 0 Å². The summed E-state index contributed by atoms with van der Waals surface area (Å²) >= 11 is 0. The summed E-state index contributed by atoms with van der Waals surface area (Å²) in [4.78, 5) is 4.51. The highest BCUT2D eigenvalue weighted by molar-refractivity contribution is 5.65. The fourth-order valence-electron chi connectivity index (χ4n) is 2.10. The van der Waals surface area contributed by atoms with Gasteiger partial charge in [0, 0.05) is 22.9 Å². The van der Waals surface area contributed by atoms with E-state index in [1.54, 1.807) is 20.3 Å². The molecule has 3 N–H and O–H groups in total. The molecule has 1 aromatic heterocycles. The van der Waals surface area contributed by atoms with Gasteiger partial charge in [0.05, 0.1) is 14.2 Å². The zero-order chi connectivity index (χ0) is 15.5. The molecule has 0 radical (unpaired) electrons. The van der Waals surface area contributed by atoms with E-state index in [-0.39, 0.29) is 0 Å². The second-order valence-electron chi connectivity index (χ2n) is 4.73. The van der Waals surface area contributed by atoms with E-state index in [0.717, 1.165) is 11.1 Å². The van der Waals surface area contributed by atoms with Crippen LogP contribution in [0.15, 0.2) is 42.5 Å². The molecule has 0 aliphatic carbocycles. The fourth-order valence-corrected chi connectivity index (χ4v) is 2.10. The molecule has 2 aromatic carbocycles. The molecule has 0 atom stereocenters. The van der Waals surface area contributed by atoms with Crippen molar-refractivity contribution < 1.29 is 9.47 Å². The number of benzene rings is 2. The number of aromatic nitrogens is 3. The Morgan fingerprint density at radius 2 is 1.55 bits per heavy atom. The van der Waals surface area contributed by atoms with Crippen molar-refractivity contribution in [2.24, 2.45) is 0 Å². The maximum atomic E-state index is 5.69. The Morgan fingerprint density at radius 3 is 2.14 bits per heavy atom. The van der Waals surface area contributed by atoms with Gasteiger partial charge in [-0.25, -0.2) is 4.98 Å². The van der Waals surface area contributed by atoms with Gasteiger partial charge in [0.15, 0.2) is 11.6 Å². The second-order valence-corrected chi connectivity index (χ2v) is 4.73. The fraction of sp³-hybridized carbons (Fsp3) is 0.125. The zero-order valence-electron chi connectivity index (χ0n) is 12.3. The predicted octanol–water partition coefficient (Wildman–Crippen LogP) is 2.74. The first-order valence-corrected chi connectivity index (χ1v) is 6.71. The average Bonchev–Trinajstić information content (AvgIpc) is 3.05. The summed E-state index contributed by atoms with van der Waals surface area (Å²) in [7, 11) is 3.21. The molecule has 3 aromatic rings. The van der Waals surface area contributed by atoms with Gasteiger partial charge < -0.3 is 15.2 Å². The van der Waals surface area contributed by atoms with Crippen LogP contribution >= 0.6 is 0 Å². The van der Waals surface area contributed by atoms with Crippen LogP contribution in [-0.4, -0.2) is 29.4 Å². The van der Waals surface area contributed by atoms with Gasteiger partial charge >= 0.3 is 0 Å². The summed E-state index contributed by atoms with van der Waals surface area (Å²) in [6.45, 7) is 0. The number of ether oxygens (including phenoxy) is 2. The van der Waals surface area contributed by atoms with E-state index in [0.29, 0.717) is 28.8 Å². The van der Waals surface area contributed by atoms with E-state index >= 15 is 0 Å². The average molecular weight is 296 g/mol. The van der Waals surface area contributed by atoms with E-state index in [9.17, 15) is 0 Å². The van der Waals surface area contributed by atoms with Crippen LogP contribution < -0.4 is 15.2 Å². The molecule has 0 unspecified atom stereocenters. The Bertz CT molecular complexity index is 759. The smallest absolute Gasteiger partial charge is 0.181 e. The Balaban J connectivity index is 1.98. The van der Waals surface area contributed by atoms with Crippen molar-refractivity contribution in [1.29, 1.82) is 0 Å². The lowest BCUT2D eigenvalue weighted by Gasteiger charge is -2.06. The number of nitrogens with two attached hydrogens (primary N) is 1. The molecule has 0 saturated carbocycles. The molecule has 6 nitrogen and oxygen atoms in total. The number of nitrogens with one attached hydrogen (secondary N) is 1. The molecule has 0 fully saturated rings. The van der Waals surface area contributed by atoms with Crippen LogP contribution in [0.25, 0.3) is 22.8 Å². The minimum absolute atomic E-state index is 0.573. The van der Waals surface area contributed by atoms with Gasteiger partial charge in [-0.05, 0) is 36.4 Å². The summed E-state index contributed by atoms with van der Waals surface area (Å²) in [5.41, 5.74) is 8.13. The Hall–Kier alpha value is -3.02. The molecule has 0 saturated heterocycles. The molecule has 0 spiro atoms. The number of nitrogen functional groups attached to an aromatic ring is 1. The number of H-pyrrole nitrogens is 1. The van der Waals surface area contributed by atoms with E-state index in [1.807, 2.05) is 36.4 Å². The summed E-state index contributed by atoms with van der Waals surface area (Å²) in [5, 5.41) is 7.19. The Labute approximate surface area is 127 Å². The van der Waals surface area contributed by atoms with Crippen molar-refractivity contribution in [3.8, 4) is 34.3 Å². The first kappa shape index (κ1) is 13.9. The quantitative estimate of drug-likeness (QED) is 0.723. The predicted molar refractivity (Wildman–Crippen MR) is 84.8 cm³/mol. The van der Waals surface area contributed by atoms with Crippen LogP contribution in [0.4, 0.5) is 5.69 Å². The van der Waals surface area contributed by atoms with Crippen molar-refractivity contribution in [1.82, 2.24) is 15.2 Å². The number of hydrogen-bond acceptors (Lipinski definition) is 5. The number of anilines is 1. The van der Waals surface area contributed by atoms with E-state index in [2.05, 4.69) is 15.2 Å². The minimum atomic E-state index is 0.573. The number of methoxy groups -OCH3 is 2. The minimum Gasteiger partial charge on any atom is -0.497 e. The van der Waals surface area contributed by atoms with Gasteiger partial charge in [-0.2, -0.15) is 5.10 Å². The molecule has 0 amide bonds. The summed E-state index contributed by atoms with van der Waals surface area (Å²) in [6.07, 6.45) is 0. The van der Waals surface area contributed by atoms with Crippen LogP contribution in [0, 0.1) is 0 Å². The van der Waals surface area contributed by atoms with Gasteiger partial charge in [0.1, 0.15) is 11.5 Å². The maximum absolute atomic E-state index is 5.69.